The van der Waals surface area contributed by atoms with Gasteiger partial charge >= 0.3 is 0 Å². The van der Waals surface area contributed by atoms with Crippen LogP contribution in [-0.2, 0) is 0 Å². The largest absolute Gasteiger partial charge is 0.301 e. The Morgan fingerprint density at radius 3 is 2.45 bits per heavy atom. The molecule has 0 radical (unpaired) electrons. The summed E-state index contributed by atoms with van der Waals surface area (Å²) in [6.07, 6.45) is 0. The molecule has 3 heteroatoms. The molecule has 0 saturated carbocycles. The molecule has 20 heavy (non-hydrogen) atoms. The zero-order valence-electron chi connectivity index (χ0n) is 13.1. The normalized spacial score (nSPS) is 19.0. The molecule has 1 aromatic rings. The molecular formula is C17H26N2O. The smallest absolute Gasteiger partial charge is 0.179 e. The summed E-state index contributed by atoms with van der Waals surface area (Å²) in [6.45, 7) is 13.5. The first-order valence-corrected chi connectivity index (χ1v) is 7.60. The Kier molecular flexibility index (Phi) is 4.95. The molecule has 1 saturated heterocycles. The van der Waals surface area contributed by atoms with E-state index in [0.717, 1.165) is 49.4 Å². The summed E-state index contributed by atoms with van der Waals surface area (Å²) >= 11 is 0. The minimum atomic E-state index is -0.0190. The molecule has 0 aliphatic carbocycles. The van der Waals surface area contributed by atoms with Crippen LogP contribution >= 0.6 is 0 Å². The summed E-state index contributed by atoms with van der Waals surface area (Å²) in [5.41, 5.74) is 3.12. The Balaban J connectivity index is 2.07. The first-order chi connectivity index (χ1) is 9.52. The van der Waals surface area contributed by atoms with E-state index < -0.39 is 0 Å². The van der Waals surface area contributed by atoms with E-state index >= 15 is 0 Å². The molecule has 1 aliphatic rings. The van der Waals surface area contributed by atoms with Crippen molar-refractivity contribution in [2.45, 2.75) is 33.7 Å². The van der Waals surface area contributed by atoms with Crippen LogP contribution in [0.2, 0.25) is 0 Å². The van der Waals surface area contributed by atoms with Gasteiger partial charge in [0.15, 0.2) is 5.78 Å². The fraction of sp³-hybridized carbons (Fsp3) is 0.588. The van der Waals surface area contributed by atoms with Crippen molar-refractivity contribution in [3.63, 3.8) is 0 Å². The van der Waals surface area contributed by atoms with Crippen molar-refractivity contribution >= 4 is 5.78 Å². The van der Waals surface area contributed by atoms with Crippen molar-refractivity contribution < 1.29 is 4.79 Å². The summed E-state index contributed by atoms with van der Waals surface area (Å²) in [4.78, 5) is 17.5. The third kappa shape index (κ3) is 3.28. The summed E-state index contributed by atoms with van der Waals surface area (Å²) in [5.74, 6) is 0.260. The maximum atomic E-state index is 12.7. The molecule has 0 aromatic heterocycles. The predicted octanol–water partition coefficient (Wildman–Crippen LogP) is 2.51. The van der Waals surface area contributed by atoms with Gasteiger partial charge in [-0.2, -0.15) is 0 Å². The van der Waals surface area contributed by atoms with E-state index in [9.17, 15) is 4.79 Å². The van der Waals surface area contributed by atoms with Gasteiger partial charge in [-0.3, -0.25) is 9.69 Å². The van der Waals surface area contributed by atoms with Gasteiger partial charge in [0.2, 0.25) is 0 Å². The topological polar surface area (TPSA) is 23.6 Å². The van der Waals surface area contributed by atoms with Crippen molar-refractivity contribution in [2.24, 2.45) is 0 Å². The first-order valence-electron chi connectivity index (χ1n) is 7.60. The van der Waals surface area contributed by atoms with Crippen molar-refractivity contribution in [2.75, 3.05) is 32.7 Å². The number of piperazine rings is 1. The molecule has 1 heterocycles. The Hall–Kier alpha value is -1.19. The molecule has 0 amide bonds. The molecule has 1 aliphatic heterocycles. The maximum absolute atomic E-state index is 12.7. The summed E-state index contributed by atoms with van der Waals surface area (Å²) in [6, 6.07) is 6.12. The van der Waals surface area contributed by atoms with E-state index in [-0.39, 0.29) is 11.8 Å². The Morgan fingerprint density at radius 2 is 1.85 bits per heavy atom. The average molecular weight is 274 g/mol. The van der Waals surface area contributed by atoms with Crippen LogP contribution in [-0.4, -0.2) is 54.3 Å². The number of ketones is 1. The van der Waals surface area contributed by atoms with Gasteiger partial charge in [-0.05, 0) is 38.9 Å². The van der Waals surface area contributed by atoms with Crippen molar-refractivity contribution in [3.8, 4) is 0 Å². The SMILES string of the molecule is CCN1CCN(C(C)C(=O)c2cc(C)ccc2C)CC1. The van der Waals surface area contributed by atoms with E-state index in [2.05, 4.69) is 22.8 Å². The molecule has 1 unspecified atom stereocenters. The van der Waals surface area contributed by atoms with Gasteiger partial charge in [0, 0.05) is 31.7 Å². The molecule has 110 valence electrons. The standard InChI is InChI=1S/C17H26N2O/c1-5-18-8-10-19(11-9-18)15(4)17(20)16-12-13(2)6-7-14(16)3/h6-7,12,15H,5,8-11H2,1-4H3. The second-order valence-electron chi connectivity index (χ2n) is 5.83. The Morgan fingerprint density at radius 1 is 1.20 bits per heavy atom. The zero-order valence-corrected chi connectivity index (χ0v) is 13.1. The molecule has 0 spiro atoms. The molecular weight excluding hydrogens is 248 g/mol. The van der Waals surface area contributed by atoms with E-state index in [0.29, 0.717) is 0 Å². The van der Waals surface area contributed by atoms with Crippen LogP contribution < -0.4 is 0 Å². The summed E-state index contributed by atoms with van der Waals surface area (Å²) in [5, 5.41) is 0. The van der Waals surface area contributed by atoms with Gasteiger partial charge in [-0.1, -0.05) is 24.6 Å². The number of hydrogen-bond donors (Lipinski definition) is 0. The molecule has 1 fully saturated rings. The first kappa shape index (κ1) is 15.2. The third-order valence-electron chi connectivity index (χ3n) is 4.44. The number of carbonyl (C=O) groups excluding carboxylic acids is 1. The number of Topliss-reactive ketones (excluding diaryl/α,β-unsaturated/α-hetero) is 1. The van der Waals surface area contributed by atoms with Crippen LogP contribution in [0.3, 0.4) is 0 Å². The summed E-state index contributed by atoms with van der Waals surface area (Å²) in [7, 11) is 0. The minimum absolute atomic E-state index is 0.0190. The van der Waals surface area contributed by atoms with Gasteiger partial charge in [-0.15, -0.1) is 0 Å². The average Bonchev–Trinajstić information content (AvgIpc) is 2.48. The highest BCUT2D eigenvalue weighted by atomic mass is 16.1. The summed E-state index contributed by atoms with van der Waals surface area (Å²) < 4.78 is 0. The molecule has 1 atom stereocenters. The van der Waals surface area contributed by atoms with Crippen LogP contribution in [0.5, 0.6) is 0 Å². The lowest BCUT2D eigenvalue weighted by atomic mass is 9.97. The highest BCUT2D eigenvalue weighted by Crippen LogP contribution is 2.16. The van der Waals surface area contributed by atoms with Crippen LogP contribution in [0.1, 0.15) is 35.3 Å². The fourth-order valence-corrected chi connectivity index (χ4v) is 2.86. The highest BCUT2D eigenvalue weighted by molar-refractivity contribution is 6.01. The Labute approximate surface area is 122 Å². The van der Waals surface area contributed by atoms with Gasteiger partial charge in [0.1, 0.15) is 0 Å². The van der Waals surface area contributed by atoms with Gasteiger partial charge in [0.25, 0.3) is 0 Å². The number of likely N-dealkylation sites (N-methyl/N-ethyl adjacent to an activating group) is 1. The second-order valence-corrected chi connectivity index (χ2v) is 5.83. The lowest BCUT2D eigenvalue weighted by Crippen LogP contribution is -2.51. The molecule has 2 rings (SSSR count). The van der Waals surface area contributed by atoms with Crippen LogP contribution in [0.15, 0.2) is 18.2 Å². The van der Waals surface area contributed by atoms with E-state index in [4.69, 9.17) is 0 Å². The number of nitrogens with zero attached hydrogens (tertiary/aromatic N) is 2. The van der Waals surface area contributed by atoms with E-state index in [1.165, 1.54) is 0 Å². The lowest BCUT2D eigenvalue weighted by Gasteiger charge is -2.37. The monoisotopic (exact) mass is 274 g/mol. The van der Waals surface area contributed by atoms with Crippen LogP contribution in [0, 0.1) is 13.8 Å². The Bertz CT molecular complexity index is 476. The minimum Gasteiger partial charge on any atom is -0.301 e. The number of aryl methyl sites for hydroxylation is 2. The van der Waals surface area contributed by atoms with Gasteiger partial charge in [0.05, 0.1) is 6.04 Å². The highest BCUT2D eigenvalue weighted by Gasteiger charge is 2.26. The van der Waals surface area contributed by atoms with Crippen molar-refractivity contribution in [1.82, 2.24) is 9.80 Å². The lowest BCUT2D eigenvalue weighted by molar-refractivity contribution is 0.0709. The molecule has 0 N–H and O–H groups in total. The quantitative estimate of drug-likeness (QED) is 0.788. The fourth-order valence-electron chi connectivity index (χ4n) is 2.86. The van der Waals surface area contributed by atoms with E-state index in [1.54, 1.807) is 0 Å². The molecule has 3 nitrogen and oxygen atoms in total. The maximum Gasteiger partial charge on any atom is 0.179 e. The second kappa shape index (κ2) is 6.51. The van der Waals surface area contributed by atoms with Crippen LogP contribution in [0.25, 0.3) is 0 Å². The van der Waals surface area contributed by atoms with Crippen molar-refractivity contribution in [1.29, 1.82) is 0 Å². The molecule has 1 aromatic carbocycles. The number of rotatable bonds is 4. The zero-order chi connectivity index (χ0) is 14.7. The van der Waals surface area contributed by atoms with Gasteiger partial charge < -0.3 is 4.90 Å². The van der Waals surface area contributed by atoms with Crippen LogP contribution in [0.4, 0.5) is 0 Å². The van der Waals surface area contributed by atoms with E-state index in [1.807, 2.05) is 32.9 Å². The predicted molar refractivity (Wildman–Crippen MR) is 83.4 cm³/mol. The number of carbonyl (C=O) groups is 1. The van der Waals surface area contributed by atoms with Gasteiger partial charge in [-0.25, -0.2) is 0 Å². The number of hydrogen-bond acceptors (Lipinski definition) is 3. The molecule has 0 bridgehead atoms. The third-order valence-corrected chi connectivity index (χ3v) is 4.44. The van der Waals surface area contributed by atoms with Crippen molar-refractivity contribution in [3.05, 3.63) is 34.9 Å². The number of benzene rings is 1.